The number of nitrogens with zero attached hydrogens (tertiary/aromatic N) is 3. The molecule has 24 heavy (non-hydrogen) atoms. The standard InChI is InChI=1S/C15H14N4O5/c1-3-24-10-4-5-11(19(21)22)12(6-10)18-8-9(7-16)13(17)14(18)15(20)23-2/h4-6,8H,3,17H2,1-2H3. The lowest BCUT2D eigenvalue weighted by atomic mass is 10.2. The Hall–Kier alpha value is -3.54. The van der Waals surface area contributed by atoms with Crippen molar-refractivity contribution in [2.75, 3.05) is 19.5 Å². The first-order valence-corrected chi connectivity index (χ1v) is 6.85. The summed E-state index contributed by atoms with van der Waals surface area (Å²) in [4.78, 5) is 22.7. The fourth-order valence-corrected chi connectivity index (χ4v) is 2.21. The zero-order valence-electron chi connectivity index (χ0n) is 13.0. The van der Waals surface area contributed by atoms with Crippen LogP contribution in [0.25, 0.3) is 5.69 Å². The van der Waals surface area contributed by atoms with Gasteiger partial charge in [0.25, 0.3) is 5.69 Å². The van der Waals surface area contributed by atoms with Gasteiger partial charge in [-0.05, 0) is 13.0 Å². The number of nitrogens with two attached hydrogens (primary N) is 1. The third kappa shape index (κ3) is 2.85. The van der Waals surface area contributed by atoms with Gasteiger partial charge in [0.05, 0.1) is 29.9 Å². The second kappa shape index (κ2) is 6.70. The topological polar surface area (TPSA) is 133 Å². The first-order chi connectivity index (χ1) is 11.4. The number of rotatable bonds is 5. The molecule has 0 aliphatic heterocycles. The molecule has 0 spiro atoms. The number of ether oxygens (including phenoxy) is 2. The summed E-state index contributed by atoms with van der Waals surface area (Å²) in [6.45, 7) is 2.13. The van der Waals surface area contributed by atoms with Gasteiger partial charge in [-0.1, -0.05) is 0 Å². The summed E-state index contributed by atoms with van der Waals surface area (Å²) in [6.07, 6.45) is 1.25. The molecule has 0 aliphatic rings. The molecule has 0 saturated carbocycles. The summed E-state index contributed by atoms with van der Waals surface area (Å²) in [5.41, 5.74) is 5.31. The van der Waals surface area contributed by atoms with E-state index >= 15 is 0 Å². The zero-order valence-corrected chi connectivity index (χ0v) is 13.0. The molecule has 0 aliphatic carbocycles. The van der Waals surface area contributed by atoms with Gasteiger partial charge in [0, 0.05) is 18.3 Å². The zero-order chi connectivity index (χ0) is 17.9. The van der Waals surface area contributed by atoms with Crippen LogP contribution in [0.3, 0.4) is 0 Å². The molecule has 0 atom stereocenters. The van der Waals surface area contributed by atoms with Crippen LogP contribution in [0, 0.1) is 21.4 Å². The Morgan fingerprint density at radius 2 is 2.21 bits per heavy atom. The van der Waals surface area contributed by atoms with E-state index in [0.29, 0.717) is 12.4 Å². The SMILES string of the molecule is CCOc1ccc([N+](=O)[O-])c(-n2cc(C#N)c(N)c2C(=O)OC)c1. The molecule has 1 aromatic carbocycles. The number of benzene rings is 1. The summed E-state index contributed by atoms with van der Waals surface area (Å²) < 4.78 is 11.2. The molecule has 0 unspecified atom stereocenters. The van der Waals surface area contributed by atoms with Gasteiger partial charge in [-0.25, -0.2) is 4.79 Å². The number of nitro benzene ring substituents is 1. The Kier molecular flexibility index (Phi) is 4.70. The quantitative estimate of drug-likeness (QED) is 0.503. The Morgan fingerprint density at radius 1 is 1.50 bits per heavy atom. The van der Waals surface area contributed by atoms with E-state index < -0.39 is 10.9 Å². The summed E-state index contributed by atoms with van der Waals surface area (Å²) in [5.74, 6) is -0.440. The molecule has 0 saturated heterocycles. The predicted molar refractivity (Wildman–Crippen MR) is 84.1 cm³/mol. The second-order valence-electron chi connectivity index (χ2n) is 4.62. The molecular formula is C15H14N4O5. The predicted octanol–water partition coefficient (Wildman–Crippen LogP) is 2.02. The van der Waals surface area contributed by atoms with Crippen LogP contribution in [0.5, 0.6) is 5.75 Å². The first kappa shape index (κ1) is 16.8. The number of carbonyl (C=O) groups is 1. The highest BCUT2D eigenvalue weighted by Crippen LogP contribution is 2.32. The van der Waals surface area contributed by atoms with E-state index in [0.717, 1.165) is 7.11 Å². The van der Waals surface area contributed by atoms with E-state index in [-0.39, 0.29) is 28.3 Å². The molecule has 0 bridgehead atoms. The molecule has 1 aromatic heterocycles. The average Bonchev–Trinajstić information content (AvgIpc) is 2.90. The van der Waals surface area contributed by atoms with Crippen molar-refractivity contribution in [2.45, 2.75) is 6.92 Å². The lowest BCUT2D eigenvalue weighted by Gasteiger charge is -2.11. The van der Waals surface area contributed by atoms with Crippen molar-refractivity contribution < 1.29 is 19.2 Å². The maximum absolute atomic E-state index is 12.0. The monoisotopic (exact) mass is 330 g/mol. The fraction of sp³-hybridized carbons (Fsp3) is 0.200. The first-order valence-electron chi connectivity index (χ1n) is 6.85. The molecule has 2 rings (SSSR count). The van der Waals surface area contributed by atoms with Gasteiger partial charge in [-0.2, -0.15) is 5.26 Å². The molecule has 124 valence electrons. The van der Waals surface area contributed by atoms with E-state index in [9.17, 15) is 14.9 Å². The maximum Gasteiger partial charge on any atom is 0.357 e. The highest BCUT2D eigenvalue weighted by Gasteiger charge is 2.26. The van der Waals surface area contributed by atoms with Gasteiger partial charge in [-0.3, -0.25) is 10.1 Å². The number of nitrogen functional groups attached to an aromatic ring is 1. The van der Waals surface area contributed by atoms with Crippen LogP contribution in [0.4, 0.5) is 11.4 Å². The Balaban J connectivity index is 2.79. The molecule has 9 heteroatoms. The van der Waals surface area contributed by atoms with Gasteiger partial charge in [0.1, 0.15) is 17.5 Å². The minimum absolute atomic E-state index is 0.00603. The largest absolute Gasteiger partial charge is 0.494 e. The Bertz CT molecular complexity index is 850. The van der Waals surface area contributed by atoms with Crippen LogP contribution in [0.2, 0.25) is 0 Å². The van der Waals surface area contributed by atoms with Gasteiger partial charge in [-0.15, -0.1) is 0 Å². The summed E-state index contributed by atoms with van der Waals surface area (Å²) in [6, 6.07) is 5.94. The van der Waals surface area contributed by atoms with Crippen LogP contribution in [-0.2, 0) is 4.74 Å². The van der Waals surface area contributed by atoms with Crippen LogP contribution in [0.15, 0.2) is 24.4 Å². The summed E-state index contributed by atoms with van der Waals surface area (Å²) in [7, 11) is 1.15. The van der Waals surface area contributed by atoms with E-state index in [1.807, 2.05) is 6.07 Å². The van der Waals surface area contributed by atoms with E-state index in [2.05, 4.69) is 4.74 Å². The number of nitro groups is 1. The number of anilines is 1. The van der Waals surface area contributed by atoms with Crippen molar-refractivity contribution in [3.63, 3.8) is 0 Å². The number of methoxy groups -OCH3 is 1. The van der Waals surface area contributed by atoms with E-state index in [1.54, 1.807) is 6.92 Å². The van der Waals surface area contributed by atoms with Crippen molar-refractivity contribution >= 4 is 17.3 Å². The number of esters is 1. The Morgan fingerprint density at radius 3 is 2.75 bits per heavy atom. The van der Waals surface area contributed by atoms with Crippen molar-refractivity contribution in [2.24, 2.45) is 0 Å². The van der Waals surface area contributed by atoms with Crippen molar-refractivity contribution in [3.05, 3.63) is 45.8 Å². The van der Waals surface area contributed by atoms with Crippen LogP contribution in [0.1, 0.15) is 23.0 Å². The van der Waals surface area contributed by atoms with Crippen molar-refractivity contribution in [3.8, 4) is 17.5 Å². The van der Waals surface area contributed by atoms with Crippen LogP contribution in [-0.4, -0.2) is 29.2 Å². The minimum atomic E-state index is -0.815. The van der Waals surface area contributed by atoms with Crippen molar-refractivity contribution in [1.82, 2.24) is 4.57 Å². The third-order valence-electron chi connectivity index (χ3n) is 3.26. The molecule has 1 heterocycles. The van der Waals surface area contributed by atoms with Crippen molar-refractivity contribution in [1.29, 1.82) is 5.26 Å². The van der Waals surface area contributed by atoms with Crippen LogP contribution >= 0.6 is 0 Å². The lowest BCUT2D eigenvalue weighted by molar-refractivity contribution is -0.384. The number of hydrogen-bond donors (Lipinski definition) is 1. The fourth-order valence-electron chi connectivity index (χ4n) is 2.21. The number of carbonyl (C=O) groups excluding carboxylic acids is 1. The average molecular weight is 330 g/mol. The molecule has 0 amide bonds. The molecule has 9 nitrogen and oxygen atoms in total. The maximum atomic E-state index is 12.0. The van der Waals surface area contributed by atoms with Gasteiger partial charge < -0.3 is 19.8 Å². The molecular weight excluding hydrogens is 316 g/mol. The normalized spacial score (nSPS) is 10.0. The van der Waals surface area contributed by atoms with E-state index in [1.165, 1.54) is 29.0 Å². The van der Waals surface area contributed by atoms with E-state index in [4.69, 9.17) is 15.7 Å². The van der Waals surface area contributed by atoms with Crippen LogP contribution < -0.4 is 10.5 Å². The van der Waals surface area contributed by atoms with Gasteiger partial charge in [0.15, 0.2) is 5.69 Å². The van der Waals surface area contributed by atoms with Gasteiger partial charge in [0.2, 0.25) is 0 Å². The highest BCUT2D eigenvalue weighted by molar-refractivity contribution is 5.96. The Labute approximate surface area is 137 Å². The number of nitriles is 1. The second-order valence-corrected chi connectivity index (χ2v) is 4.62. The smallest absolute Gasteiger partial charge is 0.357 e. The third-order valence-corrected chi connectivity index (χ3v) is 3.26. The number of aromatic nitrogens is 1. The lowest BCUT2D eigenvalue weighted by Crippen LogP contribution is -2.12. The molecule has 2 N–H and O–H groups in total. The molecule has 0 radical (unpaired) electrons. The summed E-state index contributed by atoms with van der Waals surface area (Å²) >= 11 is 0. The summed E-state index contributed by atoms with van der Waals surface area (Å²) in [5, 5.41) is 20.4. The number of hydrogen-bond acceptors (Lipinski definition) is 7. The van der Waals surface area contributed by atoms with Gasteiger partial charge >= 0.3 is 5.97 Å². The molecule has 0 fully saturated rings. The highest BCUT2D eigenvalue weighted by atomic mass is 16.6. The minimum Gasteiger partial charge on any atom is -0.494 e. The molecule has 2 aromatic rings.